The van der Waals surface area contributed by atoms with Gasteiger partial charge in [-0.1, -0.05) is 92.7 Å². The summed E-state index contributed by atoms with van der Waals surface area (Å²) in [4.78, 5) is 6.03. The number of rotatable bonds is 9. The lowest BCUT2D eigenvalue weighted by Crippen LogP contribution is -2.69. The molecule has 2 aromatic rings. The van der Waals surface area contributed by atoms with Gasteiger partial charge >= 0.3 is 0 Å². The number of hydrogen-bond donors (Lipinski definition) is 0. The van der Waals surface area contributed by atoms with Crippen LogP contribution < -0.4 is 10.4 Å². The summed E-state index contributed by atoms with van der Waals surface area (Å²) < 4.78 is 24.9. The molecule has 0 spiro atoms. The monoisotopic (exact) mass is 521 g/mol. The highest BCUT2D eigenvalue weighted by atomic mass is 28.4. The molecule has 1 aliphatic heterocycles. The van der Waals surface area contributed by atoms with E-state index in [1.807, 2.05) is 0 Å². The van der Waals surface area contributed by atoms with Crippen LogP contribution in [0.3, 0.4) is 0 Å². The van der Waals surface area contributed by atoms with E-state index in [0.717, 1.165) is 12.1 Å². The molecule has 1 heterocycles. The molecule has 0 aromatic heterocycles. The molecule has 2 aliphatic carbocycles. The van der Waals surface area contributed by atoms with E-state index in [-0.39, 0.29) is 47.9 Å². The van der Waals surface area contributed by atoms with Crippen molar-refractivity contribution in [3.8, 4) is 0 Å². The molecule has 0 amide bonds. The van der Waals surface area contributed by atoms with Gasteiger partial charge < -0.3 is 23.5 Å². The lowest BCUT2D eigenvalue weighted by Gasteiger charge is -2.51. The molecule has 2 aromatic carbocycles. The van der Waals surface area contributed by atoms with Crippen LogP contribution in [0.2, 0.25) is 5.04 Å². The first-order valence-corrected chi connectivity index (χ1v) is 15.1. The van der Waals surface area contributed by atoms with E-state index < -0.39 is 8.32 Å². The Morgan fingerprint density at radius 3 is 2.16 bits per heavy atom. The van der Waals surface area contributed by atoms with Crippen LogP contribution in [-0.2, 0) is 23.5 Å². The summed E-state index contributed by atoms with van der Waals surface area (Å²) >= 11 is 0. The number of ether oxygens (including phenoxy) is 3. The average molecular weight is 522 g/mol. The van der Waals surface area contributed by atoms with Crippen molar-refractivity contribution in [3.05, 3.63) is 72.8 Å². The Morgan fingerprint density at radius 1 is 0.946 bits per heavy atom. The van der Waals surface area contributed by atoms with Crippen molar-refractivity contribution in [2.75, 3.05) is 27.6 Å². The second-order valence-corrected chi connectivity index (χ2v) is 15.6. The Bertz CT molecular complexity index is 1060. The Morgan fingerprint density at radius 2 is 1.59 bits per heavy atom. The van der Waals surface area contributed by atoms with E-state index in [0.29, 0.717) is 6.61 Å². The molecule has 37 heavy (non-hydrogen) atoms. The third-order valence-electron chi connectivity index (χ3n) is 8.17. The zero-order valence-corrected chi connectivity index (χ0v) is 23.5. The van der Waals surface area contributed by atoms with E-state index in [9.17, 15) is 0 Å². The number of hydrogen-bond acceptors (Lipinski definition) is 6. The Labute approximate surface area is 221 Å². The first-order chi connectivity index (χ1) is 17.9. The van der Waals surface area contributed by atoms with Gasteiger partial charge in [0.05, 0.1) is 30.4 Å². The first-order valence-electron chi connectivity index (χ1n) is 13.2. The van der Waals surface area contributed by atoms with Crippen molar-refractivity contribution >= 4 is 24.4 Å². The summed E-state index contributed by atoms with van der Waals surface area (Å²) in [5, 5.41) is 6.90. The number of nitrogens with zero attached hydrogens (tertiary/aromatic N) is 1. The highest BCUT2D eigenvalue weighted by molar-refractivity contribution is 6.99. The van der Waals surface area contributed by atoms with Gasteiger partial charge in [-0.2, -0.15) is 0 Å². The molecule has 6 nitrogen and oxygen atoms in total. The quantitative estimate of drug-likeness (QED) is 0.367. The van der Waals surface area contributed by atoms with E-state index in [4.69, 9.17) is 23.5 Å². The minimum Gasteiger partial charge on any atom is -0.401 e. The average Bonchev–Trinajstić information content (AvgIpc) is 3.34. The van der Waals surface area contributed by atoms with Crippen molar-refractivity contribution in [2.45, 2.75) is 50.5 Å². The molecule has 0 bridgehead atoms. The molecule has 198 valence electrons. The first kappa shape index (κ1) is 26.3. The fourth-order valence-corrected chi connectivity index (χ4v) is 11.3. The standard InChI is InChI=1S/C30H39NO5Si/c1-30(2,3)37(22-12-8-6-9-13-22,23-14-10-7-11-15-23)36-25-17-16-24-27-28(25)26(34-20-33-5)18-21(19-32-4)29(27)35-31-24/h6-17,21,25-29H,18-20H2,1-5H3/t21-,25-,26-,27+,28+,29-/m1/s1. The van der Waals surface area contributed by atoms with Crippen LogP contribution in [0, 0.1) is 17.8 Å². The summed E-state index contributed by atoms with van der Waals surface area (Å²) in [6.45, 7) is 7.78. The predicted octanol–water partition coefficient (Wildman–Crippen LogP) is 4.14. The lowest BCUT2D eigenvalue weighted by atomic mass is 9.65. The van der Waals surface area contributed by atoms with Crippen molar-refractivity contribution in [1.82, 2.24) is 0 Å². The number of allylic oxidation sites excluding steroid dienone is 1. The number of benzene rings is 2. The molecule has 1 saturated carbocycles. The SMILES string of the molecule is COCO[C@@H]1C[C@H](COC)[C@H]2ON=C3C=C[C@@H](O[Si](c4ccccc4)(c4ccccc4)C(C)(C)C)[C@@H]1[C@H]32. The van der Waals surface area contributed by atoms with Gasteiger partial charge in [0.15, 0.2) is 0 Å². The van der Waals surface area contributed by atoms with Crippen LogP contribution in [0.1, 0.15) is 27.2 Å². The van der Waals surface area contributed by atoms with E-state index in [2.05, 4.69) is 98.7 Å². The summed E-state index contributed by atoms with van der Waals surface area (Å²) in [5.74, 6) is 0.333. The zero-order valence-electron chi connectivity index (χ0n) is 22.5. The van der Waals surface area contributed by atoms with E-state index in [1.165, 1.54) is 10.4 Å². The highest BCUT2D eigenvalue weighted by Crippen LogP contribution is 2.48. The Balaban J connectivity index is 1.61. The smallest absolute Gasteiger partial charge is 0.261 e. The highest BCUT2D eigenvalue weighted by Gasteiger charge is 2.58. The molecule has 0 radical (unpaired) electrons. The van der Waals surface area contributed by atoms with Gasteiger partial charge in [0.2, 0.25) is 0 Å². The molecular formula is C30H39NO5Si. The summed E-state index contributed by atoms with van der Waals surface area (Å²) in [5.41, 5.74) is 0.976. The maximum absolute atomic E-state index is 7.60. The molecule has 0 unspecified atom stereocenters. The molecule has 6 atom stereocenters. The van der Waals surface area contributed by atoms with Crippen LogP contribution in [0.25, 0.3) is 0 Å². The second kappa shape index (κ2) is 10.8. The van der Waals surface area contributed by atoms with Gasteiger partial charge in [0.1, 0.15) is 12.9 Å². The lowest BCUT2D eigenvalue weighted by molar-refractivity contribution is -0.161. The van der Waals surface area contributed by atoms with Crippen LogP contribution in [-0.4, -0.2) is 60.0 Å². The van der Waals surface area contributed by atoms with Crippen molar-refractivity contribution in [1.29, 1.82) is 0 Å². The molecule has 3 aliphatic rings. The summed E-state index contributed by atoms with van der Waals surface area (Å²) in [6.07, 6.45) is 4.82. The molecular weight excluding hydrogens is 482 g/mol. The minimum absolute atomic E-state index is 0.0439. The Kier molecular flexibility index (Phi) is 7.70. The topological polar surface area (TPSA) is 58.5 Å². The van der Waals surface area contributed by atoms with E-state index >= 15 is 0 Å². The van der Waals surface area contributed by atoms with Crippen molar-refractivity contribution in [2.24, 2.45) is 22.9 Å². The van der Waals surface area contributed by atoms with Crippen LogP contribution in [0.15, 0.2) is 78.0 Å². The third kappa shape index (κ3) is 4.72. The van der Waals surface area contributed by atoms with Gasteiger partial charge in [-0.15, -0.1) is 0 Å². The van der Waals surface area contributed by atoms with Gasteiger partial charge in [0.25, 0.3) is 8.32 Å². The second-order valence-electron chi connectivity index (χ2n) is 11.4. The summed E-state index contributed by atoms with van der Waals surface area (Å²) in [7, 11) is 0.634. The fourth-order valence-electron chi connectivity index (χ4n) is 6.64. The van der Waals surface area contributed by atoms with Crippen LogP contribution in [0.4, 0.5) is 0 Å². The Hall–Kier alpha value is -2.29. The third-order valence-corrected chi connectivity index (χ3v) is 13.2. The molecule has 0 saturated heterocycles. The minimum atomic E-state index is -2.77. The number of methoxy groups -OCH3 is 2. The van der Waals surface area contributed by atoms with Gasteiger partial charge in [0, 0.05) is 26.1 Å². The van der Waals surface area contributed by atoms with Gasteiger partial charge in [-0.3, -0.25) is 0 Å². The molecule has 5 rings (SSSR count). The molecule has 1 fully saturated rings. The maximum atomic E-state index is 7.60. The van der Waals surface area contributed by atoms with Crippen molar-refractivity contribution in [3.63, 3.8) is 0 Å². The molecule has 0 N–H and O–H groups in total. The number of oxime groups is 1. The fraction of sp³-hybridized carbons (Fsp3) is 0.500. The summed E-state index contributed by atoms with van der Waals surface area (Å²) in [6, 6.07) is 21.6. The van der Waals surface area contributed by atoms with Crippen molar-refractivity contribution < 1.29 is 23.5 Å². The van der Waals surface area contributed by atoms with E-state index in [1.54, 1.807) is 14.2 Å². The maximum Gasteiger partial charge on any atom is 0.261 e. The molecule has 7 heteroatoms. The predicted molar refractivity (Wildman–Crippen MR) is 148 cm³/mol. The van der Waals surface area contributed by atoms with Crippen LogP contribution in [0.5, 0.6) is 0 Å². The normalized spacial score (nSPS) is 28.9. The zero-order chi connectivity index (χ0) is 26.0. The van der Waals surface area contributed by atoms with Gasteiger partial charge in [-0.25, -0.2) is 0 Å². The van der Waals surface area contributed by atoms with Crippen LogP contribution >= 0.6 is 0 Å². The van der Waals surface area contributed by atoms with Gasteiger partial charge in [-0.05, 0) is 27.9 Å². The largest absolute Gasteiger partial charge is 0.401 e.